The maximum Gasteiger partial charge on any atom is 0.251 e. The molecule has 1 fully saturated rings. The van der Waals surface area contributed by atoms with Gasteiger partial charge in [0.1, 0.15) is 6.04 Å². The van der Waals surface area contributed by atoms with Crippen LogP contribution in [0.3, 0.4) is 0 Å². The summed E-state index contributed by atoms with van der Waals surface area (Å²) in [6.07, 6.45) is 3.25. The molecular formula is C17H23ClN2O2. The number of piperidine rings is 1. The molecule has 2 rings (SSSR count). The average molecular weight is 323 g/mol. The van der Waals surface area contributed by atoms with Gasteiger partial charge in [0.15, 0.2) is 0 Å². The first-order valence-electron chi connectivity index (χ1n) is 7.84. The van der Waals surface area contributed by atoms with Gasteiger partial charge in [0.25, 0.3) is 5.91 Å². The molecule has 22 heavy (non-hydrogen) atoms. The maximum atomic E-state index is 12.7. The maximum absolute atomic E-state index is 12.7. The van der Waals surface area contributed by atoms with E-state index in [4.69, 9.17) is 11.6 Å². The Morgan fingerprint density at radius 1 is 1.18 bits per heavy atom. The van der Waals surface area contributed by atoms with Gasteiger partial charge in [-0.05, 0) is 43.4 Å². The molecule has 0 aliphatic carbocycles. The van der Waals surface area contributed by atoms with Crippen molar-refractivity contribution in [2.75, 3.05) is 13.1 Å². The molecule has 2 amide bonds. The molecule has 1 atom stereocenters. The van der Waals surface area contributed by atoms with Crippen LogP contribution in [0.15, 0.2) is 24.3 Å². The van der Waals surface area contributed by atoms with Crippen molar-refractivity contribution in [1.29, 1.82) is 0 Å². The Hall–Kier alpha value is -1.55. The zero-order chi connectivity index (χ0) is 16.1. The number of rotatable bonds is 4. The molecule has 0 radical (unpaired) electrons. The Labute approximate surface area is 136 Å². The van der Waals surface area contributed by atoms with Crippen molar-refractivity contribution in [2.45, 2.75) is 39.2 Å². The van der Waals surface area contributed by atoms with Gasteiger partial charge in [-0.25, -0.2) is 0 Å². The molecule has 1 aromatic rings. The highest BCUT2D eigenvalue weighted by atomic mass is 35.5. The van der Waals surface area contributed by atoms with Crippen LogP contribution in [0.2, 0.25) is 5.02 Å². The van der Waals surface area contributed by atoms with Crippen LogP contribution in [0, 0.1) is 5.92 Å². The molecule has 1 heterocycles. The molecule has 0 unspecified atom stereocenters. The summed E-state index contributed by atoms with van der Waals surface area (Å²) >= 11 is 5.92. The van der Waals surface area contributed by atoms with Crippen LogP contribution >= 0.6 is 11.6 Å². The second kappa shape index (κ2) is 7.63. The zero-order valence-corrected chi connectivity index (χ0v) is 13.9. The minimum Gasteiger partial charge on any atom is -0.341 e. The number of carbonyl (C=O) groups is 2. The average Bonchev–Trinajstić information content (AvgIpc) is 2.52. The van der Waals surface area contributed by atoms with Crippen LogP contribution in [0.25, 0.3) is 0 Å². The van der Waals surface area contributed by atoms with E-state index < -0.39 is 6.04 Å². The van der Waals surface area contributed by atoms with Gasteiger partial charge in [-0.15, -0.1) is 0 Å². The third-order valence-corrected chi connectivity index (χ3v) is 4.21. The largest absolute Gasteiger partial charge is 0.341 e. The summed E-state index contributed by atoms with van der Waals surface area (Å²) in [5.41, 5.74) is 0.476. The molecule has 5 heteroatoms. The summed E-state index contributed by atoms with van der Waals surface area (Å²) in [5, 5.41) is 3.38. The fraction of sp³-hybridized carbons (Fsp3) is 0.529. The first-order valence-corrected chi connectivity index (χ1v) is 8.22. The Kier molecular flexibility index (Phi) is 5.83. The molecule has 0 spiro atoms. The van der Waals surface area contributed by atoms with Crippen LogP contribution in [0.1, 0.15) is 43.5 Å². The van der Waals surface area contributed by atoms with Crippen molar-refractivity contribution < 1.29 is 9.59 Å². The lowest BCUT2D eigenvalue weighted by molar-refractivity contribution is -0.135. The van der Waals surface area contributed by atoms with Crippen molar-refractivity contribution in [1.82, 2.24) is 10.2 Å². The summed E-state index contributed by atoms with van der Waals surface area (Å²) < 4.78 is 0. The van der Waals surface area contributed by atoms with Gasteiger partial charge in [-0.3, -0.25) is 9.59 Å². The fourth-order valence-corrected chi connectivity index (χ4v) is 2.87. The number of likely N-dealkylation sites (tertiary alicyclic amines) is 1. The fourth-order valence-electron chi connectivity index (χ4n) is 2.68. The van der Waals surface area contributed by atoms with Crippen molar-refractivity contribution in [3.05, 3.63) is 34.9 Å². The lowest BCUT2D eigenvalue weighted by Gasteiger charge is -2.32. The van der Waals surface area contributed by atoms with E-state index in [0.29, 0.717) is 10.6 Å². The van der Waals surface area contributed by atoms with Crippen LogP contribution in [-0.4, -0.2) is 35.8 Å². The lowest BCUT2D eigenvalue weighted by Crippen LogP contribution is -2.52. The zero-order valence-electron chi connectivity index (χ0n) is 13.1. The van der Waals surface area contributed by atoms with Gasteiger partial charge < -0.3 is 10.2 Å². The third-order valence-electron chi connectivity index (χ3n) is 3.97. The number of benzene rings is 1. The van der Waals surface area contributed by atoms with Crippen molar-refractivity contribution in [3.63, 3.8) is 0 Å². The van der Waals surface area contributed by atoms with E-state index in [1.54, 1.807) is 24.3 Å². The monoisotopic (exact) mass is 322 g/mol. The molecule has 1 aromatic carbocycles. The predicted octanol–water partition coefficient (Wildman–Crippen LogP) is 3.11. The van der Waals surface area contributed by atoms with E-state index in [2.05, 4.69) is 5.32 Å². The second-order valence-corrected chi connectivity index (χ2v) is 6.53. The molecule has 0 aromatic heterocycles. The van der Waals surface area contributed by atoms with Crippen LogP contribution in [0.4, 0.5) is 0 Å². The van der Waals surface area contributed by atoms with E-state index >= 15 is 0 Å². The SMILES string of the molecule is CC(C)[C@@H](NC(=O)c1cccc(Cl)c1)C(=O)N1CCCCC1. The molecular weight excluding hydrogens is 300 g/mol. The summed E-state index contributed by atoms with van der Waals surface area (Å²) in [4.78, 5) is 26.9. The molecule has 4 nitrogen and oxygen atoms in total. The molecule has 0 saturated carbocycles. The van der Waals surface area contributed by atoms with E-state index in [0.717, 1.165) is 25.9 Å². The van der Waals surface area contributed by atoms with Gasteiger partial charge in [-0.2, -0.15) is 0 Å². The van der Waals surface area contributed by atoms with E-state index in [1.165, 1.54) is 6.42 Å². The smallest absolute Gasteiger partial charge is 0.251 e. The number of carbonyl (C=O) groups excluding carboxylic acids is 2. The molecule has 1 saturated heterocycles. The van der Waals surface area contributed by atoms with Crippen LogP contribution < -0.4 is 5.32 Å². The van der Waals surface area contributed by atoms with Gasteiger partial charge >= 0.3 is 0 Å². The number of amides is 2. The summed E-state index contributed by atoms with van der Waals surface area (Å²) in [5.74, 6) is -0.200. The van der Waals surface area contributed by atoms with Gasteiger partial charge in [-0.1, -0.05) is 31.5 Å². The number of nitrogens with one attached hydrogen (secondary N) is 1. The highest BCUT2D eigenvalue weighted by Gasteiger charge is 2.29. The highest BCUT2D eigenvalue weighted by Crippen LogP contribution is 2.15. The van der Waals surface area contributed by atoms with E-state index in [9.17, 15) is 9.59 Å². The minimum absolute atomic E-state index is 0.0186. The van der Waals surface area contributed by atoms with E-state index in [1.807, 2.05) is 18.7 Å². The summed E-state index contributed by atoms with van der Waals surface area (Å²) in [6, 6.07) is 6.26. The van der Waals surface area contributed by atoms with E-state index in [-0.39, 0.29) is 17.7 Å². The normalized spacial score (nSPS) is 16.5. The first-order chi connectivity index (χ1) is 10.5. The van der Waals surface area contributed by atoms with Gasteiger partial charge in [0.05, 0.1) is 0 Å². The number of hydrogen-bond donors (Lipinski definition) is 1. The molecule has 1 aliphatic rings. The number of hydrogen-bond acceptors (Lipinski definition) is 2. The van der Waals surface area contributed by atoms with Crippen LogP contribution in [-0.2, 0) is 4.79 Å². The van der Waals surface area contributed by atoms with Gasteiger partial charge in [0.2, 0.25) is 5.91 Å². The lowest BCUT2D eigenvalue weighted by atomic mass is 10.0. The second-order valence-electron chi connectivity index (χ2n) is 6.09. The highest BCUT2D eigenvalue weighted by molar-refractivity contribution is 6.31. The topological polar surface area (TPSA) is 49.4 Å². The predicted molar refractivity (Wildman–Crippen MR) is 88.0 cm³/mol. The third kappa shape index (κ3) is 4.23. The van der Waals surface area contributed by atoms with Crippen molar-refractivity contribution in [3.8, 4) is 0 Å². The van der Waals surface area contributed by atoms with Crippen molar-refractivity contribution >= 4 is 23.4 Å². The summed E-state index contributed by atoms with van der Waals surface area (Å²) in [6.45, 7) is 5.47. The first kappa shape index (κ1) is 16.8. The quantitative estimate of drug-likeness (QED) is 0.926. The number of halogens is 1. The Morgan fingerprint density at radius 2 is 1.86 bits per heavy atom. The Morgan fingerprint density at radius 3 is 2.45 bits per heavy atom. The van der Waals surface area contributed by atoms with Gasteiger partial charge in [0, 0.05) is 23.7 Å². The minimum atomic E-state index is -0.496. The van der Waals surface area contributed by atoms with Crippen molar-refractivity contribution in [2.24, 2.45) is 5.92 Å². The Bertz CT molecular complexity index is 539. The standard InChI is InChI=1S/C17H23ClN2O2/c1-12(2)15(17(22)20-9-4-3-5-10-20)19-16(21)13-7-6-8-14(18)11-13/h6-8,11-12,15H,3-5,9-10H2,1-2H3,(H,19,21)/t15-/m1/s1. The number of nitrogens with zero attached hydrogens (tertiary/aromatic N) is 1. The summed E-state index contributed by atoms with van der Waals surface area (Å²) in [7, 11) is 0. The Balaban J connectivity index is 2.08. The molecule has 1 N–H and O–H groups in total. The molecule has 1 aliphatic heterocycles. The molecule has 120 valence electrons. The molecule has 0 bridgehead atoms. The van der Waals surface area contributed by atoms with Crippen LogP contribution in [0.5, 0.6) is 0 Å².